The lowest BCUT2D eigenvalue weighted by Gasteiger charge is -2.26. The maximum atomic E-state index is 13.3. The fraction of sp³-hybridized carbons (Fsp3) is 0.448. The molecule has 3 atom stereocenters. The van der Waals surface area contributed by atoms with Gasteiger partial charge in [0.05, 0.1) is 19.6 Å². The van der Waals surface area contributed by atoms with Gasteiger partial charge in [-0.25, -0.2) is 0 Å². The number of hydrogen-bond acceptors (Lipinski definition) is 6. The summed E-state index contributed by atoms with van der Waals surface area (Å²) in [7, 11) is 3.05. The summed E-state index contributed by atoms with van der Waals surface area (Å²) in [6.07, 6.45) is 0.889. The fourth-order valence-corrected chi connectivity index (χ4v) is 4.10. The van der Waals surface area contributed by atoms with Crippen molar-refractivity contribution in [1.82, 2.24) is 21.3 Å². The first-order valence-electron chi connectivity index (χ1n) is 13.1. The molecular weight excluding hydrogens is 500 g/mol. The number of likely N-dealkylation sites (N-methyl/N-ethyl adjacent to an activating group) is 1. The molecule has 3 amide bonds. The second kappa shape index (κ2) is 16.1. The van der Waals surface area contributed by atoms with Crippen LogP contribution in [0.3, 0.4) is 0 Å². The van der Waals surface area contributed by atoms with E-state index in [1.807, 2.05) is 56.3 Å². The molecule has 2 aromatic rings. The Kier molecular flexibility index (Phi) is 12.9. The van der Waals surface area contributed by atoms with Crippen LogP contribution in [0.2, 0.25) is 0 Å². The molecule has 0 heterocycles. The molecule has 2 aromatic carbocycles. The first kappa shape index (κ1) is 31.3. The molecule has 0 bridgehead atoms. The van der Waals surface area contributed by atoms with Crippen LogP contribution in [-0.4, -0.2) is 67.6 Å². The summed E-state index contributed by atoms with van der Waals surface area (Å²) in [5, 5.41) is 20.8. The van der Waals surface area contributed by atoms with Gasteiger partial charge in [0, 0.05) is 20.0 Å². The van der Waals surface area contributed by atoms with Crippen molar-refractivity contribution in [2.24, 2.45) is 5.92 Å². The van der Waals surface area contributed by atoms with Gasteiger partial charge in [-0.15, -0.1) is 0 Å². The predicted octanol–water partition coefficient (Wildman–Crippen LogP) is 1.68. The van der Waals surface area contributed by atoms with E-state index in [2.05, 4.69) is 21.3 Å². The first-order valence-corrected chi connectivity index (χ1v) is 13.1. The van der Waals surface area contributed by atoms with Gasteiger partial charge < -0.3 is 25.8 Å². The van der Waals surface area contributed by atoms with Crippen molar-refractivity contribution >= 4 is 23.7 Å². The molecule has 10 nitrogen and oxygen atoms in total. The molecular formula is C29H40N4O6. The molecule has 0 aliphatic heterocycles. The number of rotatable bonds is 16. The fourth-order valence-electron chi connectivity index (χ4n) is 4.10. The first-order chi connectivity index (χ1) is 18.6. The highest BCUT2D eigenvalue weighted by atomic mass is 16.5. The van der Waals surface area contributed by atoms with Crippen molar-refractivity contribution in [1.29, 1.82) is 0 Å². The van der Waals surface area contributed by atoms with E-state index in [0.717, 1.165) is 11.1 Å². The lowest BCUT2D eigenvalue weighted by Crippen LogP contribution is -2.56. The van der Waals surface area contributed by atoms with E-state index in [4.69, 9.17) is 4.74 Å². The summed E-state index contributed by atoms with van der Waals surface area (Å²) in [6.45, 7) is 3.98. The van der Waals surface area contributed by atoms with Crippen molar-refractivity contribution in [2.75, 3.05) is 20.7 Å². The van der Waals surface area contributed by atoms with Crippen LogP contribution in [0.25, 0.3) is 0 Å². The summed E-state index contributed by atoms with van der Waals surface area (Å²) in [5.74, 6) is -1.42. The van der Waals surface area contributed by atoms with Gasteiger partial charge in [0.1, 0.15) is 17.8 Å². The van der Waals surface area contributed by atoms with Crippen LogP contribution < -0.4 is 26.0 Å². The Labute approximate surface area is 229 Å². The molecule has 5 N–H and O–H groups in total. The highest BCUT2D eigenvalue weighted by Crippen LogP contribution is 2.14. The van der Waals surface area contributed by atoms with Gasteiger partial charge in [0.2, 0.25) is 17.7 Å². The maximum Gasteiger partial charge on any atom is 0.320 e. The summed E-state index contributed by atoms with van der Waals surface area (Å²) in [5.41, 5.74) is 1.68. The van der Waals surface area contributed by atoms with E-state index >= 15 is 0 Å². The summed E-state index contributed by atoms with van der Waals surface area (Å²) < 4.78 is 5.17. The molecule has 39 heavy (non-hydrogen) atoms. The van der Waals surface area contributed by atoms with E-state index in [1.54, 1.807) is 19.2 Å². The Bertz CT molecular complexity index is 1070. The van der Waals surface area contributed by atoms with Crippen LogP contribution in [-0.2, 0) is 32.0 Å². The van der Waals surface area contributed by atoms with E-state index < -0.39 is 30.0 Å². The standard InChI is InChI=1S/C29H40N4O6/c1-19(2)16-24(28(36)33-25(27(35)30-3)17-21-10-12-22(39-4)13-11-21)32-23(29(37)38)14-15-31-26(34)18-20-8-6-5-7-9-20/h5-13,19,23-25,32H,14-18H2,1-4H3,(H,30,35)(H,31,34)(H,33,36)(H,37,38)/t23?,24-,25-/m0/s1. The molecule has 212 valence electrons. The Morgan fingerprint density at radius 1 is 0.872 bits per heavy atom. The largest absolute Gasteiger partial charge is 0.497 e. The molecule has 0 saturated heterocycles. The van der Waals surface area contributed by atoms with Crippen molar-refractivity contribution in [3.63, 3.8) is 0 Å². The predicted molar refractivity (Wildman–Crippen MR) is 148 cm³/mol. The third-order valence-corrected chi connectivity index (χ3v) is 6.17. The number of nitrogens with one attached hydrogen (secondary N) is 4. The molecule has 0 aromatic heterocycles. The van der Waals surface area contributed by atoms with Gasteiger partial charge in [-0.2, -0.15) is 0 Å². The summed E-state index contributed by atoms with van der Waals surface area (Å²) in [6, 6.07) is 13.7. The zero-order valence-corrected chi connectivity index (χ0v) is 23.0. The zero-order chi connectivity index (χ0) is 28.8. The number of carbonyl (C=O) groups excluding carboxylic acids is 3. The van der Waals surface area contributed by atoms with Crippen molar-refractivity contribution in [3.8, 4) is 5.75 Å². The monoisotopic (exact) mass is 540 g/mol. The minimum Gasteiger partial charge on any atom is -0.497 e. The number of methoxy groups -OCH3 is 1. The average molecular weight is 541 g/mol. The van der Waals surface area contributed by atoms with Crippen LogP contribution in [0, 0.1) is 5.92 Å². The number of amides is 3. The number of carboxylic acid groups (broad SMARTS) is 1. The highest BCUT2D eigenvalue weighted by Gasteiger charge is 2.30. The molecule has 10 heteroatoms. The number of ether oxygens (including phenoxy) is 1. The second-order valence-electron chi connectivity index (χ2n) is 9.77. The summed E-state index contributed by atoms with van der Waals surface area (Å²) >= 11 is 0. The van der Waals surface area contributed by atoms with Crippen LogP contribution in [0.4, 0.5) is 0 Å². The SMILES string of the molecule is CNC(=O)[C@H](Cc1ccc(OC)cc1)NC(=O)[C@H](CC(C)C)NC(CCNC(=O)Cc1ccccc1)C(=O)O. The van der Waals surface area contributed by atoms with E-state index in [-0.39, 0.29) is 43.5 Å². The highest BCUT2D eigenvalue weighted by molar-refractivity contribution is 5.90. The van der Waals surface area contributed by atoms with Crippen molar-refractivity contribution in [3.05, 3.63) is 65.7 Å². The molecule has 0 radical (unpaired) electrons. The molecule has 0 saturated carbocycles. The van der Waals surface area contributed by atoms with Gasteiger partial charge in [-0.05, 0) is 42.0 Å². The number of carbonyl (C=O) groups is 4. The van der Waals surface area contributed by atoms with Crippen molar-refractivity contribution in [2.45, 2.75) is 57.7 Å². The van der Waals surface area contributed by atoms with Gasteiger partial charge >= 0.3 is 5.97 Å². The van der Waals surface area contributed by atoms with Gasteiger partial charge in [-0.1, -0.05) is 56.3 Å². The molecule has 0 fully saturated rings. The Morgan fingerprint density at radius 2 is 1.54 bits per heavy atom. The number of hydrogen-bond donors (Lipinski definition) is 5. The van der Waals surface area contributed by atoms with Gasteiger partial charge in [0.15, 0.2) is 0 Å². The van der Waals surface area contributed by atoms with Gasteiger partial charge in [-0.3, -0.25) is 24.5 Å². The van der Waals surface area contributed by atoms with E-state index in [9.17, 15) is 24.3 Å². The normalized spacial score (nSPS) is 13.2. The van der Waals surface area contributed by atoms with Gasteiger partial charge in [0.25, 0.3) is 0 Å². The number of aliphatic carboxylic acids is 1. The van der Waals surface area contributed by atoms with Crippen LogP contribution >= 0.6 is 0 Å². The minimum atomic E-state index is -1.13. The molecule has 2 rings (SSSR count). The molecule has 0 aliphatic rings. The Balaban J connectivity index is 2.03. The van der Waals surface area contributed by atoms with Crippen molar-refractivity contribution < 1.29 is 29.0 Å². The summed E-state index contributed by atoms with van der Waals surface area (Å²) in [4.78, 5) is 50.1. The van der Waals surface area contributed by atoms with Crippen LogP contribution in [0.15, 0.2) is 54.6 Å². The van der Waals surface area contributed by atoms with Crippen LogP contribution in [0.1, 0.15) is 37.8 Å². The molecule has 0 spiro atoms. The zero-order valence-electron chi connectivity index (χ0n) is 23.0. The number of carboxylic acids is 1. The lowest BCUT2D eigenvalue weighted by molar-refractivity contribution is -0.140. The third kappa shape index (κ3) is 11.2. The number of benzene rings is 2. The smallest absolute Gasteiger partial charge is 0.320 e. The third-order valence-electron chi connectivity index (χ3n) is 6.17. The lowest BCUT2D eigenvalue weighted by atomic mass is 10.00. The van der Waals surface area contributed by atoms with Crippen LogP contribution in [0.5, 0.6) is 5.75 Å². The topological polar surface area (TPSA) is 146 Å². The Hall–Kier alpha value is -3.92. The Morgan fingerprint density at radius 3 is 2.10 bits per heavy atom. The van der Waals surface area contributed by atoms with E-state index in [0.29, 0.717) is 12.2 Å². The molecule has 0 aliphatic carbocycles. The quantitative estimate of drug-likeness (QED) is 0.218. The minimum absolute atomic E-state index is 0.0771. The average Bonchev–Trinajstić information content (AvgIpc) is 2.91. The van der Waals surface area contributed by atoms with E-state index in [1.165, 1.54) is 7.05 Å². The second-order valence-corrected chi connectivity index (χ2v) is 9.77. The maximum absolute atomic E-state index is 13.3. The molecule has 1 unspecified atom stereocenters.